The maximum Gasteiger partial charge on any atom is 0.377 e. The van der Waals surface area contributed by atoms with Crippen LogP contribution in [0.4, 0.5) is 0 Å². The van der Waals surface area contributed by atoms with E-state index >= 15 is 0 Å². The standard InChI is InChI=1S/C7H10N2O5/c1-12-2-3-13-4-5-8-6(7(10)11)9-14-5/h2-4H2,1H3,(H,10,11). The zero-order valence-electron chi connectivity index (χ0n) is 7.60. The fourth-order valence-electron chi connectivity index (χ4n) is 0.702. The molecule has 1 rings (SSSR count). The minimum Gasteiger partial charge on any atom is -0.475 e. The van der Waals surface area contributed by atoms with E-state index in [1.807, 2.05) is 0 Å². The van der Waals surface area contributed by atoms with Gasteiger partial charge in [0, 0.05) is 7.11 Å². The maximum absolute atomic E-state index is 10.3. The van der Waals surface area contributed by atoms with Gasteiger partial charge in [-0.3, -0.25) is 0 Å². The van der Waals surface area contributed by atoms with Gasteiger partial charge in [0.15, 0.2) is 0 Å². The number of rotatable bonds is 6. The molecule has 0 unspecified atom stereocenters. The Labute approximate surface area is 79.6 Å². The summed E-state index contributed by atoms with van der Waals surface area (Å²) in [6, 6.07) is 0. The summed E-state index contributed by atoms with van der Waals surface area (Å²) >= 11 is 0. The molecule has 0 aromatic carbocycles. The van der Waals surface area contributed by atoms with E-state index in [9.17, 15) is 4.79 Å². The summed E-state index contributed by atoms with van der Waals surface area (Å²) in [5, 5.41) is 11.7. The number of hydrogen-bond donors (Lipinski definition) is 1. The van der Waals surface area contributed by atoms with Crippen LogP contribution in [0.2, 0.25) is 0 Å². The number of ether oxygens (including phenoxy) is 2. The molecule has 1 N–H and O–H groups in total. The lowest BCUT2D eigenvalue weighted by Crippen LogP contribution is -2.03. The van der Waals surface area contributed by atoms with E-state index in [0.717, 1.165) is 0 Å². The number of hydrogen-bond acceptors (Lipinski definition) is 6. The molecule has 0 saturated carbocycles. The Kier molecular flexibility index (Phi) is 4.02. The van der Waals surface area contributed by atoms with Crippen molar-refractivity contribution in [2.75, 3.05) is 20.3 Å². The molecule has 0 aliphatic carbocycles. The molecule has 0 amide bonds. The van der Waals surface area contributed by atoms with Crippen molar-refractivity contribution in [3.63, 3.8) is 0 Å². The fraction of sp³-hybridized carbons (Fsp3) is 0.571. The van der Waals surface area contributed by atoms with E-state index in [1.165, 1.54) is 0 Å². The Morgan fingerprint density at radius 3 is 2.93 bits per heavy atom. The average Bonchev–Trinajstić information content (AvgIpc) is 2.61. The van der Waals surface area contributed by atoms with Crippen LogP contribution in [0.25, 0.3) is 0 Å². The minimum absolute atomic E-state index is 0.0869. The highest BCUT2D eigenvalue weighted by atomic mass is 16.5. The van der Waals surface area contributed by atoms with Gasteiger partial charge in [-0.1, -0.05) is 0 Å². The predicted molar refractivity (Wildman–Crippen MR) is 42.8 cm³/mol. The normalized spacial score (nSPS) is 10.4. The summed E-state index contributed by atoms with van der Waals surface area (Å²) in [4.78, 5) is 13.9. The zero-order chi connectivity index (χ0) is 10.4. The van der Waals surface area contributed by atoms with Gasteiger partial charge in [0.2, 0.25) is 0 Å². The lowest BCUT2D eigenvalue weighted by atomic mass is 10.6. The summed E-state index contributed by atoms with van der Waals surface area (Å²) in [5.74, 6) is -1.45. The van der Waals surface area contributed by atoms with Crippen molar-refractivity contribution in [3.8, 4) is 0 Å². The Balaban J connectivity index is 2.33. The van der Waals surface area contributed by atoms with Crippen LogP contribution in [0.15, 0.2) is 4.52 Å². The summed E-state index contributed by atoms with van der Waals surface area (Å²) in [6.45, 7) is 0.935. The first kappa shape index (κ1) is 10.6. The molecular formula is C7H10N2O5. The second-order valence-corrected chi connectivity index (χ2v) is 2.36. The van der Waals surface area contributed by atoms with Crippen LogP contribution in [-0.2, 0) is 16.1 Å². The Bertz CT molecular complexity index is 298. The van der Waals surface area contributed by atoms with E-state index in [2.05, 4.69) is 14.7 Å². The molecule has 0 spiro atoms. The molecule has 1 aromatic heterocycles. The average molecular weight is 202 g/mol. The van der Waals surface area contributed by atoms with Gasteiger partial charge in [0.05, 0.1) is 13.2 Å². The van der Waals surface area contributed by atoms with Gasteiger partial charge in [-0.25, -0.2) is 4.79 Å². The third kappa shape index (κ3) is 3.11. The molecule has 14 heavy (non-hydrogen) atoms. The maximum atomic E-state index is 10.3. The molecule has 0 aliphatic rings. The monoisotopic (exact) mass is 202 g/mol. The second-order valence-electron chi connectivity index (χ2n) is 2.36. The van der Waals surface area contributed by atoms with Crippen molar-refractivity contribution < 1.29 is 23.9 Å². The van der Waals surface area contributed by atoms with Gasteiger partial charge in [-0.05, 0) is 5.16 Å². The number of aromatic carboxylic acids is 1. The molecule has 0 radical (unpaired) electrons. The van der Waals surface area contributed by atoms with Crippen LogP contribution in [0.1, 0.15) is 16.5 Å². The summed E-state index contributed by atoms with van der Waals surface area (Å²) in [5.41, 5.74) is 0. The van der Waals surface area contributed by atoms with E-state index in [4.69, 9.17) is 14.6 Å². The van der Waals surface area contributed by atoms with Crippen molar-refractivity contribution in [1.82, 2.24) is 10.1 Å². The molecule has 1 aromatic rings. The number of aromatic nitrogens is 2. The van der Waals surface area contributed by atoms with Gasteiger partial charge in [0.1, 0.15) is 6.61 Å². The third-order valence-corrected chi connectivity index (χ3v) is 1.32. The second kappa shape index (κ2) is 5.30. The van der Waals surface area contributed by atoms with Gasteiger partial charge in [-0.2, -0.15) is 4.98 Å². The van der Waals surface area contributed by atoms with Crippen molar-refractivity contribution >= 4 is 5.97 Å². The van der Waals surface area contributed by atoms with Gasteiger partial charge >= 0.3 is 5.97 Å². The quantitative estimate of drug-likeness (QED) is 0.645. The molecule has 7 heteroatoms. The van der Waals surface area contributed by atoms with Crippen LogP contribution < -0.4 is 0 Å². The molecule has 0 fully saturated rings. The zero-order valence-corrected chi connectivity index (χ0v) is 7.60. The number of carboxylic acids is 1. The van der Waals surface area contributed by atoms with Crippen LogP contribution in [0, 0.1) is 0 Å². The van der Waals surface area contributed by atoms with Crippen LogP contribution in [-0.4, -0.2) is 41.5 Å². The highest BCUT2D eigenvalue weighted by Gasteiger charge is 2.12. The summed E-state index contributed by atoms with van der Waals surface area (Å²) < 4.78 is 14.4. The topological polar surface area (TPSA) is 94.7 Å². The molecule has 7 nitrogen and oxygen atoms in total. The molecule has 1 heterocycles. The highest BCUT2D eigenvalue weighted by Crippen LogP contribution is 1.98. The number of carboxylic acid groups (broad SMARTS) is 1. The summed E-state index contributed by atoms with van der Waals surface area (Å²) in [7, 11) is 1.55. The largest absolute Gasteiger partial charge is 0.475 e. The first-order chi connectivity index (χ1) is 6.74. The lowest BCUT2D eigenvalue weighted by Gasteiger charge is -1.97. The van der Waals surface area contributed by atoms with Crippen molar-refractivity contribution in [1.29, 1.82) is 0 Å². The van der Waals surface area contributed by atoms with E-state index < -0.39 is 5.97 Å². The fourth-order valence-corrected chi connectivity index (χ4v) is 0.702. The van der Waals surface area contributed by atoms with E-state index in [0.29, 0.717) is 13.2 Å². The van der Waals surface area contributed by atoms with Gasteiger partial charge in [-0.15, -0.1) is 0 Å². The van der Waals surface area contributed by atoms with Crippen molar-refractivity contribution in [2.24, 2.45) is 0 Å². The molecule has 0 saturated heterocycles. The van der Waals surface area contributed by atoms with Crippen LogP contribution in [0.3, 0.4) is 0 Å². The lowest BCUT2D eigenvalue weighted by molar-refractivity contribution is 0.0494. The van der Waals surface area contributed by atoms with E-state index in [-0.39, 0.29) is 18.3 Å². The number of methoxy groups -OCH3 is 1. The van der Waals surface area contributed by atoms with Crippen LogP contribution in [0.5, 0.6) is 0 Å². The molecule has 0 bridgehead atoms. The molecule has 0 aliphatic heterocycles. The molecule has 78 valence electrons. The van der Waals surface area contributed by atoms with Crippen molar-refractivity contribution in [3.05, 3.63) is 11.7 Å². The summed E-state index contributed by atoms with van der Waals surface area (Å²) in [6.07, 6.45) is 0. The van der Waals surface area contributed by atoms with Crippen LogP contribution >= 0.6 is 0 Å². The highest BCUT2D eigenvalue weighted by molar-refractivity contribution is 5.82. The smallest absolute Gasteiger partial charge is 0.377 e. The Hall–Kier alpha value is -1.47. The molecule has 0 atom stereocenters. The molecular weight excluding hydrogens is 192 g/mol. The van der Waals surface area contributed by atoms with Crippen molar-refractivity contribution in [2.45, 2.75) is 6.61 Å². The first-order valence-corrected chi connectivity index (χ1v) is 3.86. The number of nitrogens with zero attached hydrogens (tertiary/aromatic N) is 2. The first-order valence-electron chi connectivity index (χ1n) is 3.86. The SMILES string of the molecule is COCCOCc1nc(C(=O)O)no1. The van der Waals surface area contributed by atoms with Gasteiger partial charge in [0.25, 0.3) is 11.7 Å². The third-order valence-electron chi connectivity index (χ3n) is 1.32. The predicted octanol–water partition coefficient (Wildman–Crippen LogP) is -0.0692. The minimum atomic E-state index is -1.23. The Morgan fingerprint density at radius 1 is 1.57 bits per heavy atom. The van der Waals surface area contributed by atoms with E-state index in [1.54, 1.807) is 7.11 Å². The Morgan fingerprint density at radius 2 is 2.36 bits per heavy atom. The number of carbonyl (C=O) groups is 1. The van der Waals surface area contributed by atoms with Gasteiger partial charge < -0.3 is 19.1 Å².